The zero-order valence-corrected chi connectivity index (χ0v) is 21.3. The lowest BCUT2D eigenvalue weighted by Crippen LogP contribution is -2.27. The maximum Gasteiger partial charge on any atom is 0.306 e. The number of nitrogens with two attached hydrogens (primary N) is 1. The molecule has 3 aromatic heterocycles. The van der Waals surface area contributed by atoms with Crippen LogP contribution in [0.3, 0.4) is 0 Å². The molecule has 0 aromatic carbocycles. The molecule has 0 unspecified atom stereocenters. The standard InChI is InChI=1S/C25H27ClN6O4/c1-5-36-19(33)9-8-15-6-7-16(29-15)10-17-20-22(26)30-25(27)31-23(20)32(24(17)34)12-18-14(3)21(35-4)13(2)11-28-18/h6-7,10-11,29H,5,8-9,12H2,1-4H3,(H2,27,30,31). The average molecular weight is 511 g/mol. The van der Waals surface area contributed by atoms with E-state index in [0.29, 0.717) is 47.1 Å². The first-order valence-corrected chi connectivity index (χ1v) is 11.8. The minimum absolute atomic E-state index is 0.0370. The fourth-order valence-electron chi connectivity index (χ4n) is 4.19. The highest BCUT2D eigenvalue weighted by Gasteiger charge is 2.37. The second-order valence-electron chi connectivity index (χ2n) is 8.31. The summed E-state index contributed by atoms with van der Waals surface area (Å²) in [5, 5.41) is 0.0832. The molecular formula is C25H27ClN6O4. The second kappa shape index (κ2) is 10.4. The molecule has 0 saturated carbocycles. The van der Waals surface area contributed by atoms with E-state index in [4.69, 9.17) is 26.8 Å². The number of aromatic amines is 1. The van der Waals surface area contributed by atoms with Crippen molar-refractivity contribution in [2.24, 2.45) is 0 Å². The largest absolute Gasteiger partial charge is 0.496 e. The Morgan fingerprint density at radius 3 is 2.78 bits per heavy atom. The number of nitrogens with zero attached hydrogens (tertiary/aromatic N) is 4. The van der Waals surface area contributed by atoms with Crippen molar-refractivity contribution in [3.63, 3.8) is 0 Å². The molecule has 11 heteroatoms. The van der Waals surface area contributed by atoms with Crippen LogP contribution in [0.15, 0.2) is 18.3 Å². The normalized spacial score (nSPS) is 13.9. The predicted molar refractivity (Wildman–Crippen MR) is 137 cm³/mol. The van der Waals surface area contributed by atoms with Gasteiger partial charge in [0.15, 0.2) is 5.82 Å². The predicted octanol–water partition coefficient (Wildman–Crippen LogP) is 3.64. The summed E-state index contributed by atoms with van der Waals surface area (Å²) in [5.74, 6) is 0.421. The topological polar surface area (TPSA) is 136 Å². The van der Waals surface area contributed by atoms with E-state index in [-0.39, 0.29) is 35.9 Å². The Bertz CT molecular complexity index is 1370. The second-order valence-corrected chi connectivity index (χ2v) is 8.67. The summed E-state index contributed by atoms with van der Waals surface area (Å²) >= 11 is 6.44. The molecule has 1 aliphatic rings. The lowest BCUT2D eigenvalue weighted by atomic mass is 10.1. The van der Waals surface area contributed by atoms with E-state index in [1.165, 1.54) is 4.90 Å². The number of hydrogen-bond donors (Lipinski definition) is 2. The van der Waals surface area contributed by atoms with Gasteiger partial charge in [-0.2, -0.15) is 4.98 Å². The quantitative estimate of drug-likeness (QED) is 0.266. The molecule has 4 heterocycles. The summed E-state index contributed by atoms with van der Waals surface area (Å²) in [6, 6.07) is 3.68. The van der Waals surface area contributed by atoms with Crippen LogP contribution in [0.1, 0.15) is 47.1 Å². The van der Waals surface area contributed by atoms with Gasteiger partial charge in [-0.1, -0.05) is 11.6 Å². The van der Waals surface area contributed by atoms with E-state index in [1.807, 2.05) is 26.0 Å². The first kappa shape index (κ1) is 25.2. The number of hydrogen-bond acceptors (Lipinski definition) is 8. The Kier molecular flexibility index (Phi) is 7.25. The van der Waals surface area contributed by atoms with E-state index in [0.717, 1.165) is 16.8 Å². The van der Waals surface area contributed by atoms with Gasteiger partial charge >= 0.3 is 5.97 Å². The zero-order chi connectivity index (χ0) is 26.0. The summed E-state index contributed by atoms with van der Waals surface area (Å²) in [4.78, 5) is 42.9. The van der Waals surface area contributed by atoms with Crippen molar-refractivity contribution in [1.29, 1.82) is 0 Å². The number of pyridine rings is 1. The fourth-order valence-corrected chi connectivity index (χ4v) is 4.46. The van der Waals surface area contributed by atoms with Gasteiger partial charge in [0.2, 0.25) is 5.95 Å². The van der Waals surface area contributed by atoms with Gasteiger partial charge in [-0.25, -0.2) is 4.98 Å². The highest BCUT2D eigenvalue weighted by Crippen LogP contribution is 2.41. The van der Waals surface area contributed by atoms with Crippen LogP contribution in [0, 0.1) is 13.8 Å². The van der Waals surface area contributed by atoms with Gasteiger partial charge < -0.3 is 20.2 Å². The van der Waals surface area contributed by atoms with Crippen LogP contribution in [0.5, 0.6) is 5.75 Å². The first-order valence-electron chi connectivity index (χ1n) is 11.4. The lowest BCUT2D eigenvalue weighted by molar-refractivity contribution is -0.143. The number of carbonyl (C=O) groups is 2. The third kappa shape index (κ3) is 4.90. The van der Waals surface area contributed by atoms with E-state index < -0.39 is 0 Å². The highest BCUT2D eigenvalue weighted by molar-refractivity contribution is 6.41. The molecule has 0 radical (unpaired) electrons. The molecule has 0 saturated heterocycles. The number of rotatable bonds is 8. The molecule has 0 spiro atoms. The number of halogens is 1. The maximum atomic E-state index is 13.6. The molecule has 36 heavy (non-hydrogen) atoms. The Morgan fingerprint density at radius 2 is 2.06 bits per heavy atom. The monoisotopic (exact) mass is 510 g/mol. The molecule has 1 aliphatic heterocycles. The van der Waals surface area contributed by atoms with Gasteiger partial charge in [-0.05, 0) is 45.4 Å². The molecule has 0 fully saturated rings. The number of nitrogens with one attached hydrogen (secondary N) is 1. The van der Waals surface area contributed by atoms with Gasteiger partial charge in [0.25, 0.3) is 5.91 Å². The Balaban J connectivity index is 1.68. The van der Waals surface area contributed by atoms with E-state index in [9.17, 15) is 9.59 Å². The Hall–Kier alpha value is -3.92. The molecule has 4 rings (SSSR count). The number of anilines is 2. The summed E-state index contributed by atoms with van der Waals surface area (Å²) in [6.45, 7) is 6.06. The number of methoxy groups -OCH3 is 1. The van der Waals surface area contributed by atoms with Crippen molar-refractivity contribution in [3.8, 4) is 5.75 Å². The van der Waals surface area contributed by atoms with Gasteiger partial charge in [0.1, 0.15) is 10.9 Å². The number of aromatic nitrogens is 4. The third-order valence-electron chi connectivity index (χ3n) is 5.89. The number of fused-ring (bicyclic) bond motifs is 1. The van der Waals surface area contributed by atoms with Crippen LogP contribution < -0.4 is 15.4 Å². The van der Waals surface area contributed by atoms with Crippen LogP contribution in [0.2, 0.25) is 5.15 Å². The Morgan fingerprint density at radius 1 is 1.28 bits per heavy atom. The van der Waals surface area contributed by atoms with Crippen LogP contribution in [-0.2, 0) is 27.3 Å². The molecule has 188 valence electrons. The molecule has 0 atom stereocenters. The SMILES string of the molecule is CCOC(=O)CCc1ccc(C=C2C(=O)N(Cc3ncc(C)c(OC)c3C)c3nc(N)nc(Cl)c32)[nH]1. The number of ether oxygens (including phenoxy) is 2. The van der Waals surface area contributed by atoms with Crippen LogP contribution in [-0.4, -0.2) is 45.5 Å². The van der Waals surface area contributed by atoms with Crippen LogP contribution in [0.25, 0.3) is 11.6 Å². The molecule has 1 amide bonds. The van der Waals surface area contributed by atoms with Gasteiger partial charge in [-0.15, -0.1) is 0 Å². The maximum absolute atomic E-state index is 13.6. The van der Waals surface area contributed by atoms with Crippen LogP contribution >= 0.6 is 11.6 Å². The van der Waals surface area contributed by atoms with E-state index in [2.05, 4.69) is 19.9 Å². The van der Waals surface area contributed by atoms with Crippen molar-refractivity contribution < 1.29 is 19.1 Å². The number of esters is 1. The molecule has 0 aliphatic carbocycles. The summed E-state index contributed by atoms with van der Waals surface area (Å²) < 4.78 is 10.5. The summed E-state index contributed by atoms with van der Waals surface area (Å²) in [6.07, 6.45) is 4.14. The Labute approximate surface area is 213 Å². The molecule has 3 aromatic rings. The molecular weight excluding hydrogens is 484 g/mol. The smallest absolute Gasteiger partial charge is 0.306 e. The molecule has 10 nitrogen and oxygen atoms in total. The zero-order valence-electron chi connectivity index (χ0n) is 20.5. The highest BCUT2D eigenvalue weighted by atomic mass is 35.5. The van der Waals surface area contributed by atoms with E-state index >= 15 is 0 Å². The van der Waals surface area contributed by atoms with Crippen molar-refractivity contribution >= 4 is 46.9 Å². The summed E-state index contributed by atoms with van der Waals surface area (Å²) in [5.41, 5.74) is 10.5. The number of aryl methyl sites for hydroxylation is 2. The number of H-pyrrole nitrogens is 1. The summed E-state index contributed by atoms with van der Waals surface area (Å²) in [7, 11) is 1.60. The lowest BCUT2D eigenvalue weighted by Gasteiger charge is -2.19. The van der Waals surface area contributed by atoms with E-state index in [1.54, 1.807) is 26.3 Å². The van der Waals surface area contributed by atoms with Gasteiger partial charge in [0.05, 0.1) is 43.5 Å². The van der Waals surface area contributed by atoms with Gasteiger partial charge in [-0.3, -0.25) is 19.5 Å². The van der Waals surface area contributed by atoms with Crippen molar-refractivity contribution in [2.75, 3.05) is 24.4 Å². The number of amides is 1. The van der Waals surface area contributed by atoms with Crippen LogP contribution in [0.4, 0.5) is 11.8 Å². The average Bonchev–Trinajstić information content (AvgIpc) is 3.38. The molecule has 3 N–H and O–H groups in total. The first-order chi connectivity index (χ1) is 17.2. The third-order valence-corrected chi connectivity index (χ3v) is 6.17. The number of nitrogen functional groups attached to an aromatic ring is 1. The van der Waals surface area contributed by atoms with Crippen molar-refractivity contribution in [1.82, 2.24) is 19.9 Å². The minimum Gasteiger partial charge on any atom is -0.496 e. The van der Waals surface area contributed by atoms with Crippen molar-refractivity contribution in [3.05, 3.63) is 57.3 Å². The van der Waals surface area contributed by atoms with Gasteiger partial charge in [0, 0.05) is 28.7 Å². The number of carbonyl (C=O) groups excluding carboxylic acids is 2. The fraction of sp³-hybridized carbons (Fsp3) is 0.320. The minimum atomic E-state index is -0.310. The molecule has 0 bridgehead atoms. The van der Waals surface area contributed by atoms with Crippen molar-refractivity contribution in [2.45, 2.75) is 40.2 Å².